The maximum atomic E-state index is 11.9. The Morgan fingerprint density at radius 2 is 1.82 bits per heavy atom. The second kappa shape index (κ2) is 10.8. The Bertz CT molecular complexity index is 1280. The molecule has 0 aliphatic carbocycles. The van der Waals surface area contributed by atoms with Crippen molar-refractivity contribution in [1.29, 1.82) is 0 Å². The van der Waals surface area contributed by atoms with Gasteiger partial charge in [-0.3, -0.25) is 4.79 Å². The normalized spacial score (nSPS) is 12.0. The fourth-order valence-corrected chi connectivity index (χ4v) is 4.28. The first-order valence-electron chi connectivity index (χ1n) is 10.7. The Balaban J connectivity index is 1.43. The van der Waals surface area contributed by atoms with Gasteiger partial charge in [0.05, 0.1) is 7.11 Å². The molecule has 0 bridgehead atoms. The van der Waals surface area contributed by atoms with Crippen LogP contribution < -0.4 is 14.8 Å². The van der Waals surface area contributed by atoms with Crippen LogP contribution in [0.1, 0.15) is 16.7 Å². The number of H-pyrrole nitrogens is 1. The Kier molecular flexibility index (Phi) is 7.63. The van der Waals surface area contributed by atoms with Crippen LogP contribution in [0.3, 0.4) is 0 Å². The number of nitrogens with one attached hydrogen (secondary N) is 2. The van der Waals surface area contributed by atoms with Crippen LogP contribution in [0.15, 0.2) is 66.9 Å². The number of fused-ring (bicyclic) bond motifs is 1. The van der Waals surface area contributed by atoms with Crippen molar-refractivity contribution in [3.8, 4) is 11.5 Å². The van der Waals surface area contributed by atoms with Crippen molar-refractivity contribution >= 4 is 40.1 Å². The van der Waals surface area contributed by atoms with E-state index in [0.717, 1.165) is 22.0 Å². The van der Waals surface area contributed by atoms with Gasteiger partial charge in [0.2, 0.25) is 0 Å². The summed E-state index contributed by atoms with van der Waals surface area (Å²) < 4.78 is 11.4. The number of para-hydroxylation sites is 1. The van der Waals surface area contributed by atoms with Crippen LogP contribution in [-0.4, -0.2) is 29.2 Å². The molecule has 0 radical (unpaired) electrons. The van der Waals surface area contributed by atoms with E-state index < -0.39 is 12.0 Å². The van der Waals surface area contributed by atoms with E-state index in [1.165, 1.54) is 0 Å². The van der Waals surface area contributed by atoms with Crippen LogP contribution >= 0.6 is 23.2 Å². The van der Waals surface area contributed by atoms with Gasteiger partial charge in [0.1, 0.15) is 12.6 Å². The van der Waals surface area contributed by atoms with E-state index in [-0.39, 0.29) is 6.61 Å². The predicted molar refractivity (Wildman–Crippen MR) is 134 cm³/mol. The molecule has 1 atom stereocenters. The molecule has 1 aromatic heterocycles. The molecule has 3 aromatic carbocycles. The van der Waals surface area contributed by atoms with Crippen molar-refractivity contribution in [2.24, 2.45) is 0 Å². The summed E-state index contributed by atoms with van der Waals surface area (Å²) in [5, 5.41) is 15.0. The minimum absolute atomic E-state index is 0.193. The number of aromatic amines is 1. The van der Waals surface area contributed by atoms with Gasteiger partial charge >= 0.3 is 5.97 Å². The van der Waals surface area contributed by atoms with E-state index >= 15 is 0 Å². The highest BCUT2D eigenvalue weighted by Crippen LogP contribution is 2.31. The molecule has 8 heteroatoms. The number of hydrogen-bond donors (Lipinski definition) is 3. The quantitative estimate of drug-likeness (QED) is 0.255. The number of halogens is 2. The molecule has 0 saturated heterocycles. The SMILES string of the molecule is COc1cc(CN[C@H](Cc2c[nH]c3ccccc23)C(=O)O)ccc1OCc1c(Cl)cccc1Cl. The summed E-state index contributed by atoms with van der Waals surface area (Å²) in [5.41, 5.74) is 3.50. The number of aliphatic carboxylic acids is 1. The zero-order valence-corrected chi connectivity index (χ0v) is 20.0. The van der Waals surface area contributed by atoms with Gasteiger partial charge in [-0.2, -0.15) is 0 Å². The number of carbonyl (C=O) groups is 1. The second-order valence-electron chi connectivity index (χ2n) is 7.81. The van der Waals surface area contributed by atoms with Crippen LogP contribution in [-0.2, 0) is 24.4 Å². The lowest BCUT2D eigenvalue weighted by molar-refractivity contribution is -0.139. The van der Waals surface area contributed by atoms with Gasteiger partial charge < -0.3 is 24.9 Å². The fourth-order valence-electron chi connectivity index (χ4n) is 3.77. The maximum Gasteiger partial charge on any atom is 0.321 e. The topological polar surface area (TPSA) is 83.6 Å². The fraction of sp³-hybridized carbons (Fsp3) is 0.192. The molecule has 0 fully saturated rings. The van der Waals surface area contributed by atoms with Crippen molar-refractivity contribution in [2.45, 2.75) is 25.6 Å². The van der Waals surface area contributed by atoms with E-state index in [9.17, 15) is 9.90 Å². The number of methoxy groups -OCH3 is 1. The maximum absolute atomic E-state index is 11.9. The summed E-state index contributed by atoms with van der Waals surface area (Å²) >= 11 is 12.4. The van der Waals surface area contributed by atoms with Gasteiger partial charge in [-0.15, -0.1) is 0 Å². The van der Waals surface area contributed by atoms with Crippen LogP contribution in [0.25, 0.3) is 10.9 Å². The van der Waals surface area contributed by atoms with Gasteiger partial charge in [-0.25, -0.2) is 0 Å². The number of ether oxygens (including phenoxy) is 2. The number of benzene rings is 3. The zero-order valence-electron chi connectivity index (χ0n) is 18.5. The van der Waals surface area contributed by atoms with E-state index in [2.05, 4.69) is 10.3 Å². The zero-order chi connectivity index (χ0) is 24.1. The van der Waals surface area contributed by atoms with Crippen LogP contribution in [0.5, 0.6) is 11.5 Å². The summed E-state index contributed by atoms with van der Waals surface area (Å²) in [7, 11) is 1.55. The lowest BCUT2D eigenvalue weighted by Crippen LogP contribution is -2.38. The molecule has 0 aliphatic rings. The van der Waals surface area contributed by atoms with E-state index in [1.54, 1.807) is 31.4 Å². The molecule has 0 unspecified atom stereocenters. The van der Waals surface area contributed by atoms with Gasteiger partial charge in [0, 0.05) is 45.7 Å². The summed E-state index contributed by atoms with van der Waals surface area (Å²) in [5.74, 6) is 0.163. The Morgan fingerprint density at radius 1 is 1.06 bits per heavy atom. The van der Waals surface area contributed by atoms with Crippen molar-refractivity contribution in [1.82, 2.24) is 10.3 Å². The molecule has 0 spiro atoms. The minimum atomic E-state index is -0.909. The molecule has 0 saturated carbocycles. The summed E-state index contributed by atoms with van der Waals surface area (Å²) in [6, 6.07) is 17.9. The van der Waals surface area contributed by atoms with E-state index in [0.29, 0.717) is 40.1 Å². The third kappa shape index (κ3) is 5.47. The monoisotopic (exact) mass is 498 g/mol. The molecular formula is C26H24Cl2N2O4. The smallest absolute Gasteiger partial charge is 0.321 e. The first kappa shape index (κ1) is 24.0. The van der Waals surface area contributed by atoms with Crippen LogP contribution in [0.4, 0.5) is 0 Å². The standard InChI is InChI=1S/C26H24Cl2N2O4/c1-33-25-11-16(9-10-24(25)34-15-19-20(27)6-4-7-21(19)28)13-29-23(26(31)32)12-17-14-30-22-8-3-2-5-18(17)22/h2-11,14,23,29-30H,12-13,15H2,1H3,(H,31,32)/t23-/m1/s1. The van der Waals surface area contributed by atoms with Gasteiger partial charge in [-0.05, 0) is 41.5 Å². The van der Waals surface area contributed by atoms with Gasteiger partial charge in [0.15, 0.2) is 11.5 Å². The van der Waals surface area contributed by atoms with Crippen molar-refractivity contribution in [3.05, 3.63) is 93.6 Å². The average molecular weight is 499 g/mol. The van der Waals surface area contributed by atoms with Crippen molar-refractivity contribution < 1.29 is 19.4 Å². The molecule has 4 rings (SSSR count). The molecular weight excluding hydrogens is 475 g/mol. The molecule has 6 nitrogen and oxygen atoms in total. The lowest BCUT2D eigenvalue weighted by atomic mass is 10.0. The number of carboxylic acid groups (broad SMARTS) is 1. The number of rotatable bonds is 10. The second-order valence-corrected chi connectivity index (χ2v) is 8.62. The van der Waals surface area contributed by atoms with E-state index in [4.69, 9.17) is 32.7 Å². The Morgan fingerprint density at radius 3 is 2.56 bits per heavy atom. The van der Waals surface area contributed by atoms with Crippen molar-refractivity contribution in [2.75, 3.05) is 7.11 Å². The first-order valence-corrected chi connectivity index (χ1v) is 11.5. The molecule has 4 aromatic rings. The summed E-state index contributed by atoms with van der Waals surface area (Å²) in [4.78, 5) is 15.1. The molecule has 0 aliphatic heterocycles. The van der Waals surface area contributed by atoms with Crippen molar-refractivity contribution in [3.63, 3.8) is 0 Å². The highest BCUT2D eigenvalue weighted by Gasteiger charge is 2.19. The van der Waals surface area contributed by atoms with E-state index in [1.807, 2.05) is 42.6 Å². The third-order valence-corrected chi connectivity index (χ3v) is 6.32. The average Bonchev–Trinajstić information content (AvgIpc) is 3.24. The van der Waals surface area contributed by atoms with Crippen LogP contribution in [0.2, 0.25) is 10.0 Å². The van der Waals surface area contributed by atoms with Gasteiger partial charge in [-0.1, -0.05) is 53.5 Å². The minimum Gasteiger partial charge on any atom is -0.493 e. The summed E-state index contributed by atoms with van der Waals surface area (Å²) in [6.07, 6.45) is 2.22. The Labute approximate surface area is 207 Å². The number of hydrogen-bond acceptors (Lipinski definition) is 4. The Hall–Kier alpha value is -3.19. The molecule has 0 amide bonds. The van der Waals surface area contributed by atoms with Crippen LogP contribution in [0, 0.1) is 0 Å². The molecule has 176 valence electrons. The highest BCUT2D eigenvalue weighted by molar-refractivity contribution is 6.35. The highest BCUT2D eigenvalue weighted by atomic mass is 35.5. The van der Waals surface area contributed by atoms with Gasteiger partial charge in [0.25, 0.3) is 0 Å². The lowest BCUT2D eigenvalue weighted by Gasteiger charge is -2.16. The predicted octanol–water partition coefficient (Wildman–Crippen LogP) is 5.85. The largest absolute Gasteiger partial charge is 0.493 e. The molecule has 34 heavy (non-hydrogen) atoms. The molecule has 1 heterocycles. The summed E-state index contributed by atoms with van der Waals surface area (Å²) in [6.45, 7) is 0.546. The number of carboxylic acids is 1. The third-order valence-electron chi connectivity index (χ3n) is 5.61. The molecule has 3 N–H and O–H groups in total. The first-order chi connectivity index (χ1) is 16.5. The number of aromatic nitrogens is 1.